The van der Waals surface area contributed by atoms with Crippen molar-refractivity contribution in [3.8, 4) is 12.3 Å². The highest BCUT2D eigenvalue weighted by molar-refractivity contribution is 5.86. The number of amides is 1. The van der Waals surface area contributed by atoms with E-state index in [2.05, 4.69) is 11.2 Å². The maximum Gasteiger partial charge on any atom is 0.352 e. The average Bonchev–Trinajstić information content (AvgIpc) is 2.65. The molecule has 17 heavy (non-hydrogen) atoms. The van der Waals surface area contributed by atoms with Gasteiger partial charge in [-0.05, 0) is 19.1 Å². The molecule has 5 nitrogen and oxygen atoms in total. The topological polar surface area (TPSA) is 71.3 Å². The molecule has 0 aliphatic rings. The molecule has 0 saturated carbocycles. The molecule has 2 N–H and O–H groups in total. The SMILES string of the molecule is C#CCC(C)NC(=O)Cn1cccc1C(=O)O. The van der Waals surface area contributed by atoms with E-state index in [1.54, 1.807) is 19.2 Å². The van der Waals surface area contributed by atoms with E-state index in [9.17, 15) is 9.59 Å². The molecular weight excluding hydrogens is 220 g/mol. The molecule has 1 unspecified atom stereocenters. The number of carboxylic acid groups (broad SMARTS) is 1. The van der Waals surface area contributed by atoms with E-state index in [1.807, 2.05) is 0 Å². The second-order valence-electron chi connectivity index (χ2n) is 3.70. The number of carboxylic acids is 1. The lowest BCUT2D eigenvalue weighted by molar-refractivity contribution is -0.122. The van der Waals surface area contributed by atoms with Gasteiger partial charge in [-0.25, -0.2) is 4.79 Å². The third kappa shape index (κ3) is 3.68. The Hall–Kier alpha value is -2.22. The number of carbonyl (C=O) groups is 2. The van der Waals surface area contributed by atoms with Crippen LogP contribution in [0.4, 0.5) is 0 Å². The van der Waals surface area contributed by atoms with Gasteiger partial charge in [0.15, 0.2) is 0 Å². The second-order valence-corrected chi connectivity index (χ2v) is 3.70. The minimum atomic E-state index is -1.06. The highest BCUT2D eigenvalue weighted by Gasteiger charge is 2.12. The molecule has 1 aromatic heterocycles. The Morgan fingerprint density at radius 1 is 1.65 bits per heavy atom. The summed E-state index contributed by atoms with van der Waals surface area (Å²) in [6.45, 7) is 1.77. The first-order valence-corrected chi connectivity index (χ1v) is 5.16. The minimum Gasteiger partial charge on any atom is -0.477 e. The molecule has 90 valence electrons. The van der Waals surface area contributed by atoms with Crippen LogP contribution in [-0.4, -0.2) is 27.6 Å². The summed E-state index contributed by atoms with van der Waals surface area (Å²) < 4.78 is 1.38. The molecule has 5 heteroatoms. The number of nitrogens with zero attached hydrogens (tertiary/aromatic N) is 1. The third-order valence-corrected chi connectivity index (χ3v) is 2.19. The Balaban J connectivity index is 2.60. The minimum absolute atomic E-state index is 0.0243. The first-order chi connectivity index (χ1) is 8.04. The molecule has 0 radical (unpaired) electrons. The highest BCUT2D eigenvalue weighted by Crippen LogP contribution is 2.02. The molecule has 0 aliphatic heterocycles. The quantitative estimate of drug-likeness (QED) is 0.737. The molecule has 1 atom stereocenters. The maximum atomic E-state index is 11.6. The predicted octanol–water partition coefficient (Wildman–Crippen LogP) is 0.714. The van der Waals surface area contributed by atoms with Crippen molar-refractivity contribution in [1.29, 1.82) is 0 Å². The van der Waals surface area contributed by atoms with E-state index >= 15 is 0 Å². The first kappa shape index (κ1) is 12.8. The molecule has 1 aromatic rings. The molecule has 1 amide bonds. The lowest BCUT2D eigenvalue weighted by Crippen LogP contribution is -2.35. The van der Waals surface area contributed by atoms with Crippen LogP contribution in [0.1, 0.15) is 23.8 Å². The number of hydrogen-bond acceptors (Lipinski definition) is 2. The van der Waals surface area contributed by atoms with Gasteiger partial charge in [0.05, 0.1) is 0 Å². The van der Waals surface area contributed by atoms with E-state index < -0.39 is 5.97 Å². The maximum absolute atomic E-state index is 11.6. The van der Waals surface area contributed by atoms with E-state index in [-0.39, 0.29) is 24.2 Å². The number of rotatable bonds is 5. The standard InChI is InChI=1S/C12H14N2O3/c1-3-5-9(2)13-11(15)8-14-7-4-6-10(14)12(16)17/h1,4,6-7,9H,5,8H2,2H3,(H,13,15)(H,16,17). The van der Waals surface area contributed by atoms with Crippen LogP contribution >= 0.6 is 0 Å². The number of aromatic nitrogens is 1. The van der Waals surface area contributed by atoms with Gasteiger partial charge in [0.2, 0.25) is 5.91 Å². The summed E-state index contributed by atoms with van der Waals surface area (Å²) in [5.41, 5.74) is 0.0877. The van der Waals surface area contributed by atoms with Crippen molar-refractivity contribution in [2.45, 2.75) is 25.9 Å². The number of hydrogen-bond donors (Lipinski definition) is 2. The van der Waals surface area contributed by atoms with Crippen molar-refractivity contribution in [3.05, 3.63) is 24.0 Å². The molecule has 0 fully saturated rings. The van der Waals surface area contributed by atoms with Gasteiger partial charge in [0.25, 0.3) is 0 Å². The zero-order chi connectivity index (χ0) is 12.8. The smallest absolute Gasteiger partial charge is 0.352 e. The number of carbonyl (C=O) groups excluding carboxylic acids is 1. The normalized spacial score (nSPS) is 11.5. The van der Waals surface area contributed by atoms with Crippen LogP contribution in [0.3, 0.4) is 0 Å². The molecule has 0 saturated heterocycles. The van der Waals surface area contributed by atoms with Crippen LogP contribution in [0.5, 0.6) is 0 Å². The summed E-state index contributed by atoms with van der Waals surface area (Å²) in [6.07, 6.45) is 7.12. The van der Waals surface area contributed by atoms with Gasteiger partial charge in [0.1, 0.15) is 12.2 Å². The number of aromatic carboxylic acids is 1. The van der Waals surface area contributed by atoms with Gasteiger partial charge >= 0.3 is 5.97 Å². The van der Waals surface area contributed by atoms with Gasteiger partial charge in [0, 0.05) is 18.7 Å². The summed E-state index contributed by atoms with van der Waals surface area (Å²) in [5.74, 6) is 1.13. The van der Waals surface area contributed by atoms with Crippen molar-refractivity contribution in [1.82, 2.24) is 9.88 Å². The Morgan fingerprint density at radius 2 is 2.35 bits per heavy atom. The summed E-state index contributed by atoms with van der Waals surface area (Å²) in [5, 5.41) is 11.5. The van der Waals surface area contributed by atoms with Crippen LogP contribution in [0.15, 0.2) is 18.3 Å². The van der Waals surface area contributed by atoms with E-state index in [0.29, 0.717) is 6.42 Å². The average molecular weight is 234 g/mol. The Bertz CT molecular complexity index is 457. The van der Waals surface area contributed by atoms with Gasteiger partial charge in [-0.1, -0.05) is 0 Å². The molecule has 0 bridgehead atoms. The highest BCUT2D eigenvalue weighted by atomic mass is 16.4. The van der Waals surface area contributed by atoms with Gasteiger partial charge in [-0.2, -0.15) is 0 Å². The van der Waals surface area contributed by atoms with Gasteiger partial charge in [-0.15, -0.1) is 12.3 Å². The summed E-state index contributed by atoms with van der Waals surface area (Å²) in [6, 6.07) is 2.92. The van der Waals surface area contributed by atoms with Gasteiger partial charge < -0.3 is 15.0 Å². The van der Waals surface area contributed by atoms with Crippen molar-refractivity contribution < 1.29 is 14.7 Å². The Morgan fingerprint density at radius 3 is 2.94 bits per heavy atom. The van der Waals surface area contributed by atoms with E-state index in [0.717, 1.165) is 0 Å². The van der Waals surface area contributed by atoms with Crippen LogP contribution in [0.2, 0.25) is 0 Å². The van der Waals surface area contributed by atoms with Crippen molar-refractivity contribution in [2.24, 2.45) is 0 Å². The summed E-state index contributed by atoms with van der Waals surface area (Å²) >= 11 is 0. The monoisotopic (exact) mass is 234 g/mol. The van der Waals surface area contributed by atoms with E-state index in [4.69, 9.17) is 11.5 Å². The fraction of sp³-hybridized carbons (Fsp3) is 0.333. The molecule has 0 spiro atoms. The van der Waals surface area contributed by atoms with Crippen molar-refractivity contribution >= 4 is 11.9 Å². The zero-order valence-corrected chi connectivity index (χ0v) is 9.51. The predicted molar refractivity (Wildman–Crippen MR) is 62.4 cm³/mol. The van der Waals surface area contributed by atoms with Crippen LogP contribution in [-0.2, 0) is 11.3 Å². The molecule has 0 aromatic carbocycles. The first-order valence-electron chi connectivity index (χ1n) is 5.16. The Kier molecular flexibility index (Phi) is 4.35. The van der Waals surface area contributed by atoms with Crippen molar-refractivity contribution in [3.63, 3.8) is 0 Å². The molecule has 1 heterocycles. The lowest BCUT2D eigenvalue weighted by atomic mass is 10.2. The summed E-state index contributed by atoms with van der Waals surface area (Å²) in [7, 11) is 0. The fourth-order valence-corrected chi connectivity index (χ4v) is 1.45. The van der Waals surface area contributed by atoms with Crippen LogP contribution in [0, 0.1) is 12.3 Å². The largest absolute Gasteiger partial charge is 0.477 e. The molecule has 1 rings (SSSR count). The lowest BCUT2D eigenvalue weighted by Gasteiger charge is -2.12. The zero-order valence-electron chi connectivity index (χ0n) is 9.51. The van der Waals surface area contributed by atoms with Crippen LogP contribution in [0.25, 0.3) is 0 Å². The molecular formula is C12H14N2O3. The fourth-order valence-electron chi connectivity index (χ4n) is 1.45. The van der Waals surface area contributed by atoms with E-state index in [1.165, 1.54) is 10.6 Å². The van der Waals surface area contributed by atoms with Crippen LogP contribution < -0.4 is 5.32 Å². The number of nitrogens with one attached hydrogen (secondary N) is 1. The van der Waals surface area contributed by atoms with Crippen molar-refractivity contribution in [2.75, 3.05) is 0 Å². The van der Waals surface area contributed by atoms with Gasteiger partial charge in [-0.3, -0.25) is 4.79 Å². The Labute approximate surface area is 99.4 Å². The molecule has 0 aliphatic carbocycles. The third-order valence-electron chi connectivity index (χ3n) is 2.19. The summed E-state index contributed by atoms with van der Waals surface area (Å²) in [4.78, 5) is 22.4. The number of terminal acetylenes is 1. The second kappa shape index (κ2) is 5.75.